The van der Waals surface area contributed by atoms with E-state index in [1.165, 1.54) is 6.07 Å². The summed E-state index contributed by atoms with van der Waals surface area (Å²) in [6.45, 7) is -0.290. The topological polar surface area (TPSA) is 35.8 Å². The van der Waals surface area contributed by atoms with Crippen molar-refractivity contribution in [2.45, 2.75) is 43.2 Å². The van der Waals surface area contributed by atoms with Crippen LogP contribution in [0.15, 0.2) is 0 Å². The van der Waals surface area contributed by atoms with Crippen molar-refractivity contribution in [3.05, 3.63) is 0 Å². The maximum Gasteiger partial charge on any atom is 0.405 e. The van der Waals surface area contributed by atoms with Crippen LogP contribution in [0.1, 0.15) is 25.7 Å². The molecule has 17 heavy (non-hydrogen) atoms. The minimum absolute atomic E-state index is 0.108. The third kappa shape index (κ3) is 4.40. The summed E-state index contributed by atoms with van der Waals surface area (Å²) in [5.74, 6) is -1.90. The van der Waals surface area contributed by atoms with E-state index in [9.17, 15) is 13.2 Å². The van der Waals surface area contributed by atoms with E-state index in [4.69, 9.17) is 5.26 Å². The summed E-state index contributed by atoms with van der Waals surface area (Å²) in [7, 11) is 0. The van der Waals surface area contributed by atoms with Gasteiger partial charge in [-0.15, -0.1) is 0 Å². The second-order valence-electron chi connectivity index (χ2n) is 4.30. The zero-order valence-corrected chi connectivity index (χ0v) is 10.6. The monoisotopic (exact) mass is 266 g/mol. The average Bonchev–Trinajstić information content (AvgIpc) is 2.28. The molecule has 1 aliphatic carbocycles. The smallest absolute Gasteiger partial charge is 0.311 e. The Morgan fingerprint density at radius 3 is 2.59 bits per heavy atom. The van der Waals surface area contributed by atoms with Gasteiger partial charge in [0.15, 0.2) is 5.92 Å². The quantitative estimate of drug-likeness (QED) is 0.849. The van der Waals surface area contributed by atoms with Crippen LogP contribution in [-0.2, 0) is 0 Å². The Kier molecular flexibility index (Phi) is 5.60. The second-order valence-corrected chi connectivity index (χ2v) is 5.37. The van der Waals surface area contributed by atoms with E-state index in [1.807, 2.05) is 6.26 Å². The van der Waals surface area contributed by atoms with Crippen LogP contribution in [0.3, 0.4) is 0 Å². The summed E-state index contributed by atoms with van der Waals surface area (Å²) in [5, 5.41) is 11.8. The zero-order valence-electron chi connectivity index (χ0n) is 9.76. The molecule has 0 aromatic carbocycles. The van der Waals surface area contributed by atoms with Gasteiger partial charge in [-0.05, 0) is 19.1 Å². The van der Waals surface area contributed by atoms with E-state index in [0.717, 1.165) is 25.7 Å². The Bertz CT molecular complexity index is 275. The van der Waals surface area contributed by atoms with Gasteiger partial charge in [0.2, 0.25) is 0 Å². The number of halogens is 3. The Hall–Kier alpha value is -0.410. The summed E-state index contributed by atoms with van der Waals surface area (Å²) in [6.07, 6.45) is 1.70. The van der Waals surface area contributed by atoms with Crippen LogP contribution < -0.4 is 5.32 Å². The maximum atomic E-state index is 12.4. The standard InChI is InChI=1S/C11H17F3N2S/c1-17-10-5-3-2-4-9(10)16-7-8(6-15)11(12,13)14/h8-10,16H,2-5,7H2,1H3. The van der Waals surface area contributed by atoms with Crippen LogP contribution in [-0.4, -0.2) is 30.3 Å². The fourth-order valence-corrected chi connectivity index (χ4v) is 3.08. The first-order chi connectivity index (χ1) is 7.99. The third-order valence-corrected chi connectivity index (χ3v) is 4.31. The van der Waals surface area contributed by atoms with Gasteiger partial charge >= 0.3 is 6.18 Å². The summed E-state index contributed by atoms with van der Waals surface area (Å²) >= 11 is 1.69. The first-order valence-corrected chi connectivity index (χ1v) is 7.00. The highest BCUT2D eigenvalue weighted by Gasteiger charge is 2.40. The lowest BCUT2D eigenvalue weighted by Gasteiger charge is -2.31. The molecule has 0 bridgehead atoms. The molecule has 3 unspecified atom stereocenters. The van der Waals surface area contributed by atoms with Gasteiger partial charge in [-0.1, -0.05) is 12.8 Å². The van der Waals surface area contributed by atoms with Crippen molar-refractivity contribution in [2.75, 3.05) is 12.8 Å². The molecule has 0 saturated heterocycles. The molecular weight excluding hydrogens is 249 g/mol. The van der Waals surface area contributed by atoms with Crippen LogP contribution in [0.25, 0.3) is 0 Å². The van der Waals surface area contributed by atoms with Crippen LogP contribution in [0.4, 0.5) is 13.2 Å². The lowest BCUT2D eigenvalue weighted by molar-refractivity contribution is -0.158. The average molecular weight is 266 g/mol. The van der Waals surface area contributed by atoms with Gasteiger partial charge in [0.25, 0.3) is 0 Å². The number of hydrogen-bond donors (Lipinski definition) is 1. The molecule has 0 aliphatic heterocycles. The van der Waals surface area contributed by atoms with Crippen molar-refractivity contribution in [3.8, 4) is 6.07 Å². The summed E-state index contributed by atoms with van der Waals surface area (Å²) in [6, 6.07) is 1.43. The maximum absolute atomic E-state index is 12.4. The summed E-state index contributed by atoms with van der Waals surface area (Å²) < 4.78 is 37.2. The Morgan fingerprint density at radius 1 is 1.41 bits per heavy atom. The number of nitrogens with zero attached hydrogens (tertiary/aromatic N) is 1. The van der Waals surface area contributed by atoms with Crippen molar-refractivity contribution in [1.82, 2.24) is 5.32 Å². The van der Waals surface area contributed by atoms with Gasteiger partial charge in [-0.2, -0.15) is 30.2 Å². The molecule has 0 heterocycles. The molecule has 3 atom stereocenters. The molecule has 0 aromatic rings. The first kappa shape index (κ1) is 14.7. The lowest BCUT2D eigenvalue weighted by Crippen LogP contribution is -2.44. The molecule has 2 nitrogen and oxygen atoms in total. The molecule has 0 spiro atoms. The van der Waals surface area contributed by atoms with E-state index in [0.29, 0.717) is 5.25 Å². The van der Waals surface area contributed by atoms with E-state index >= 15 is 0 Å². The van der Waals surface area contributed by atoms with Gasteiger partial charge in [0, 0.05) is 17.8 Å². The molecule has 98 valence electrons. The minimum Gasteiger partial charge on any atom is -0.311 e. The second kappa shape index (κ2) is 6.50. The highest BCUT2D eigenvalue weighted by molar-refractivity contribution is 7.99. The van der Waals surface area contributed by atoms with Crippen LogP contribution in [0.2, 0.25) is 0 Å². The van der Waals surface area contributed by atoms with Crippen molar-refractivity contribution in [2.24, 2.45) is 5.92 Å². The van der Waals surface area contributed by atoms with Gasteiger partial charge < -0.3 is 5.32 Å². The third-order valence-electron chi connectivity index (χ3n) is 3.14. The molecule has 1 N–H and O–H groups in total. The van der Waals surface area contributed by atoms with Crippen molar-refractivity contribution in [1.29, 1.82) is 5.26 Å². The largest absolute Gasteiger partial charge is 0.405 e. The molecular formula is C11H17F3N2S. The van der Waals surface area contributed by atoms with E-state index < -0.39 is 12.1 Å². The summed E-state index contributed by atoms with van der Waals surface area (Å²) in [4.78, 5) is 0. The van der Waals surface area contributed by atoms with Gasteiger partial charge in [-0.25, -0.2) is 0 Å². The SMILES string of the molecule is CSC1CCCCC1NCC(C#N)C(F)(F)F. The predicted octanol–water partition coefficient (Wildman–Crippen LogP) is 2.95. The molecule has 0 aromatic heterocycles. The van der Waals surface area contributed by atoms with Crippen molar-refractivity contribution in [3.63, 3.8) is 0 Å². The minimum atomic E-state index is -4.43. The van der Waals surface area contributed by atoms with Gasteiger partial charge in [-0.3, -0.25) is 0 Å². The van der Waals surface area contributed by atoms with Crippen LogP contribution in [0, 0.1) is 17.2 Å². The van der Waals surface area contributed by atoms with Gasteiger partial charge in [0.1, 0.15) is 0 Å². The highest BCUT2D eigenvalue weighted by Crippen LogP contribution is 2.29. The Balaban J connectivity index is 2.45. The number of hydrogen-bond acceptors (Lipinski definition) is 3. The van der Waals surface area contributed by atoms with Crippen molar-refractivity contribution < 1.29 is 13.2 Å². The molecule has 1 aliphatic rings. The Labute approximate surface area is 104 Å². The van der Waals surface area contributed by atoms with Crippen LogP contribution in [0.5, 0.6) is 0 Å². The van der Waals surface area contributed by atoms with Crippen LogP contribution >= 0.6 is 11.8 Å². The number of thioether (sulfide) groups is 1. The predicted molar refractivity (Wildman–Crippen MR) is 62.7 cm³/mol. The highest BCUT2D eigenvalue weighted by atomic mass is 32.2. The zero-order chi connectivity index (χ0) is 12.9. The lowest BCUT2D eigenvalue weighted by atomic mass is 9.94. The van der Waals surface area contributed by atoms with Crippen molar-refractivity contribution >= 4 is 11.8 Å². The number of rotatable bonds is 4. The van der Waals surface area contributed by atoms with Gasteiger partial charge in [0.05, 0.1) is 6.07 Å². The van der Waals surface area contributed by atoms with E-state index in [1.54, 1.807) is 11.8 Å². The molecule has 1 saturated carbocycles. The molecule has 1 fully saturated rings. The fourth-order valence-electron chi connectivity index (χ4n) is 2.12. The Morgan fingerprint density at radius 2 is 2.06 bits per heavy atom. The molecule has 0 radical (unpaired) electrons. The number of nitriles is 1. The molecule has 0 amide bonds. The molecule has 6 heteroatoms. The normalized spacial score (nSPS) is 27.5. The number of nitrogens with one attached hydrogen (secondary N) is 1. The van der Waals surface area contributed by atoms with E-state index in [-0.39, 0.29) is 12.6 Å². The first-order valence-electron chi connectivity index (χ1n) is 5.71. The van der Waals surface area contributed by atoms with E-state index in [2.05, 4.69) is 5.32 Å². The summed E-state index contributed by atoms with van der Waals surface area (Å²) in [5.41, 5.74) is 0. The number of alkyl halides is 3. The fraction of sp³-hybridized carbons (Fsp3) is 0.909. The molecule has 1 rings (SSSR count).